The van der Waals surface area contributed by atoms with E-state index in [-0.39, 0.29) is 5.75 Å². The van der Waals surface area contributed by atoms with Crippen molar-refractivity contribution in [2.24, 2.45) is 11.5 Å². The van der Waals surface area contributed by atoms with Crippen LogP contribution in [0.25, 0.3) is 0 Å². The van der Waals surface area contributed by atoms with E-state index in [9.17, 15) is 9.59 Å². The van der Waals surface area contributed by atoms with Crippen LogP contribution in [0.4, 0.5) is 0 Å². The number of nitrogens with two attached hydrogens (primary N) is 2. The molecule has 0 aliphatic heterocycles. The van der Waals surface area contributed by atoms with E-state index in [2.05, 4.69) is 0 Å². The first-order valence-electron chi connectivity index (χ1n) is 3.20. The molecular weight excluding hydrogens is 216 g/mol. The zero-order valence-electron chi connectivity index (χ0n) is 6.54. The van der Waals surface area contributed by atoms with Crippen LogP contribution in [0, 0.1) is 0 Å². The minimum Gasteiger partial charge on any atom is -0.480 e. The lowest BCUT2D eigenvalue weighted by molar-refractivity contribution is -0.138. The number of rotatable bonds is 6. The lowest BCUT2D eigenvalue weighted by atomic mass is 10.4. The highest BCUT2D eigenvalue weighted by molar-refractivity contribution is 8.77. The summed E-state index contributed by atoms with van der Waals surface area (Å²) >= 11 is 0. The molecule has 0 heterocycles. The van der Waals surface area contributed by atoms with Gasteiger partial charge < -0.3 is 21.7 Å². The van der Waals surface area contributed by atoms with Crippen LogP contribution in [0.5, 0.6) is 0 Å². The van der Waals surface area contributed by atoms with Gasteiger partial charge in [-0.15, -0.1) is 0 Å². The van der Waals surface area contributed by atoms with E-state index >= 15 is 0 Å². The molecule has 0 rings (SSSR count). The molecule has 0 fully saturated rings. The Morgan fingerprint density at radius 3 is 2.15 bits per heavy atom. The predicted octanol–water partition coefficient (Wildman–Crippen LogP) is -0.851. The van der Waals surface area contributed by atoms with Crippen LogP contribution in [-0.4, -0.2) is 39.3 Å². The highest BCUT2D eigenvalue weighted by atomic mass is 33.1. The molecule has 0 aliphatic carbocycles. The molecule has 0 saturated heterocycles. The van der Waals surface area contributed by atoms with Gasteiger partial charge in [0.25, 0.3) is 0 Å². The largest absolute Gasteiger partial charge is 0.480 e. The van der Waals surface area contributed by atoms with Crippen molar-refractivity contribution in [3.63, 3.8) is 0 Å². The Kier molecular flexibility index (Phi) is 5.88. The molecule has 76 valence electrons. The number of hydrogen-bond donors (Lipinski definition) is 4. The molecule has 0 radical (unpaired) electrons. The standard InChI is InChI=1S/C5H10N2O4S2/c6-2(4(8)9)1-12-13-3(7)5(10)11/h2-3H,1,6-7H2,(H,8,9)(H,10,11). The second-order valence-corrected chi connectivity index (χ2v) is 4.64. The summed E-state index contributed by atoms with van der Waals surface area (Å²) in [6, 6.07) is -0.988. The maximum Gasteiger partial charge on any atom is 0.331 e. The van der Waals surface area contributed by atoms with E-state index in [0.29, 0.717) is 0 Å². The van der Waals surface area contributed by atoms with Crippen molar-refractivity contribution in [3.05, 3.63) is 0 Å². The Balaban J connectivity index is 3.56. The van der Waals surface area contributed by atoms with Gasteiger partial charge in [0.1, 0.15) is 6.04 Å². The minimum atomic E-state index is -1.14. The smallest absolute Gasteiger partial charge is 0.331 e. The molecule has 0 amide bonds. The third-order valence-electron chi connectivity index (χ3n) is 0.980. The topological polar surface area (TPSA) is 127 Å². The fourth-order valence-electron chi connectivity index (χ4n) is 0.298. The van der Waals surface area contributed by atoms with Gasteiger partial charge in [-0.1, -0.05) is 21.6 Å². The van der Waals surface area contributed by atoms with Gasteiger partial charge in [-0.2, -0.15) is 0 Å². The third kappa shape index (κ3) is 5.75. The Bertz CT molecular complexity index is 181. The summed E-state index contributed by atoms with van der Waals surface area (Å²) in [6.07, 6.45) is 0. The highest BCUT2D eigenvalue weighted by Gasteiger charge is 2.15. The van der Waals surface area contributed by atoms with Crippen LogP contribution in [0.2, 0.25) is 0 Å². The van der Waals surface area contributed by atoms with Gasteiger partial charge in [0.2, 0.25) is 0 Å². The number of carboxylic acids is 2. The molecule has 0 spiro atoms. The van der Waals surface area contributed by atoms with Crippen molar-refractivity contribution >= 4 is 33.5 Å². The zero-order valence-corrected chi connectivity index (χ0v) is 8.18. The summed E-state index contributed by atoms with van der Waals surface area (Å²) in [5.74, 6) is -2.13. The number of carbonyl (C=O) groups is 2. The molecular formula is C5H10N2O4S2. The van der Waals surface area contributed by atoms with Crippen molar-refractivity contribution in [1.82, 2.24) is 0 Å². The average Bonchev–Trinajstić information content (AvgIpc) is 2.03. The second-order valence-electron chi connectivity index (χ2n) is 2.08. The maximum absolute atomic E-state index is 10.2. The first-order valence-corrected chi connectivity index (χ1v) is 5.58. The molecule has 6 N–H and O–H groups in total. The van der Waals surface area contributed by atoms with Gasteiger partial charge in [0.05, 0.1) is 0 Å². The lowest BCUT2D eigenvalue weighted by Crippen LogP contribution is -2.32. The Hall–Kier alpha value is -0.440. The van der Waals surface area contributed by atoms with Gasteiger partial charge in [-0.3, -0.25) is 4.79 Å². The van der Waals surface area contributed by atoms with E-state index in [1.54, 1.807) is 0 Å². The maximum atomic E-state index is 10.2. The van der Waals surface area contributed by atoms with Gasteiger partial charge in [0, 0.05) is 5.75 Å². The van der Waals surface area contributed by atoms with Gasteiger partial charge >= 0.3 is 11.9 Å². The van der Waals surface area contributed by atoms with Gasteiger partial charge in [-0.05, 0) is 0 Å². The first kappa shape index (κ1) is 12.6. The zero-order chi connectivity index (χ0) is 10.4. The van der Waals surface area contributed by atoms with Crippen molar-refractivity contribution in [3.8, 4) is 0 Å². The van der Waals surface area contributed by atoms with Crippen LogP contribution in [-0.2, 0) is 9.59 Å². The summed E-state index contributed by atoms with van der Waals surface area (Å²) in [7, 11) is 1.91. The van der Waals surface area contributed by atoms with Gasteiger partial charge in [0.15, 0.2) is 5.37 Å². The molecule has 0 aromatic carbocycles. The molecule has 0 aromatic rings. The van der Waals surface area contributed by atoms with Crippen LogP contribution in [0.1, 0.15) is 0 Å². The van der Waals surface area contributed by atoms with E-state index in [0.717, 1.165) is 21.6 Å². The minimum absolute atomic E-state index is 0.126. The molecule has 0 saturated carbocycles. The molecule has 0 aromatic heterocycles. The molecule has 8 heteroatoms. The first-order chi connectivity index (χ1) is 5.95. The monoisotopic (exact) mass is 226 g/mol. The summed E-state index contributed by atoms with van der Waals surface area (Å²) in [5, 5.41) is 15.7. The quantitative estimate of drug-likeness (QED) is 0.341. The summed E-state index contributed by atoms with van der Waals surface area (Å²) in [5.41, 5.74) is 10.3. The van der Waals surface area contributed by atoms with Crippen molar-refractivity contribution in [2.75, 3.05) is 5.75 Å². The van der Waals surface area contributed by atoms with Crippen molar-refractivity contribution < 1.29 is 19.8 Å². The van der Waals surface area contributed by atoms with Gasteiger partial charge in [-0.25, -0.2) is 4.79 Å². The van der Waals surface area contributed by atoms with E-state index in [1.165, 1.54) is 0 Å². The Morgan fingerprint density at radius 1 is 1.23 bits per heavy atom. The average molecular weight is 226 g/mol. The fourth-order valence-corrected chi connectivity index (χ4v) is 2.26. The second kappa shape index (κ2) is 6.08. The Morgan fingerprint density at radius 2 is 1.77 bits per heavy atom. The molecule has 6 nitrogen and oxygen atoms in total. The van der Waals surface area contributed by atoms with E-state index in [4.69, 9.17) is 21.7 Å². The molecule has 2 unspecified atom stereocenters. The van der Waals surface area contributed by atoms with Crippen LogP contribution >= 0.6 is 21.6 Å². The summed E-state index contributed by atoms with van der Waals surface area (Å²) in [6.45, 7) is 0. The van der Waals surface area contributed by atoms with Crippen LogP contribution < -0.4 is 11.5 Å². The molecule has 0 bridgehead atoms. The lowest BCUT2D eigenvalue weighted by Gasteiger charge is -2.07. The molecule has 0 aliphatic rings. The fraction of sp³-hybridized carbons (Fsp3) is 0.600. The highest BCUT2D eigenvalue weighted by Crippen LogP contribution is 2.24. The third-order valence-corrected chi connectivity index (χ3v) is 3.46. The number of carboxylic acid groups (broad SMARTS) is 2. The molecule has 2 atom stereocenters. The normalized spacial score (nSPS) is 14.9. The van der Waals surface area contributed by atoms with Crippen molar-refractivity contribution in [1.29, 1.82) is 0 Å². The van der Waals surface area contributed by atoms with Crippen molar-refractivity contribution in [2.45, 2.75) is 11.4 Å². The SMILES string of the molecule is NC(CSSC(N)C(=O)O)C(=O)O. The number of aliphatic carboxylic acids is 2. The van der Waals surface area contributed by atoms with E-state index in [1.807, 2.05) is 0 Å². The van der Waals surface area contributed by atoms with Crippen LogP contribution in [0.3, 0.4) is 0 Å². The Labute approximate surface area is 82.4 Å². The summed E-state index contributed by atoms with van der Waals surface area (Å²) in [4.78, 5) is 20.4. The van der Waals surface area contributed by atoms with E-state index < -0.39 is 23.4 Å². The molecule has 13 heavy (non-hydrogen) atoms. The summed E-state index contributed by atoms with van der Waals surface area (Å²) < 4.78 is 0. The predicted molar refractivity (Wildman–Crippen MR) is 51.3 cm³/mol. The number of hydrogen-bond acceptors (Lipinski definition) is 6. The van der Waals surface area contributed by atoms with Crippen LogP contribution in [0.15, 0.2) is 0 Å².